The smallest absolute Gasteiger partial charge is 0.213 e. The molecule has 1 heterocycles. The van der Waals surface area contributed by atoms with Gasteiger partial charge in [0.1, 0.15) is 0 Å². The van der Waals surface area contributed by atoms with Crippen LogP contribution in [0.2, 0.25) is 0 Å². The van der Waals surface area contributed by atoms with Crippen molar-refractivity contribution in [2.24, 2.45) is 0 Å². The molecule has 1 aromatic rings. The number of rotatable bonds is 2. The lowest BCUT2D eigenvalue weighted by atomic mass is 10.2. The normalized spacial score (nSPS) is 13.0. The summed E-state index contributed by atoms with van der Waals surface area (Å²) in [5.74, 6) is -0.497. The number of aromatic nitrogens is 1. The Kier molecular flexibility index (Phi) is 2.54. The van der Waals surface area contributed by atoms with Gasteiger partial charge in [-0.05, 0) is 19.1 Å². The van der Waals surface area contributed by atoms with Crippen molar-refractivity contribution < 1.29 is 9.50 Å². The first-order chi connectivity index (χ1) is 5.18. The molecule has 0 saturated heterocycles. The van der Waals surface area contributed by atoms with Gasteiger partial charge in [-0.3, -0.25) is 0 Å². The number of aliphatic hydroxyl groups is 1. The molecule has 11 heavy (non-hydrogen) atoms. The van der Waals surface area contributed by atoms with Crippen molar-refractivity contribution in [1.82, 2.24) is 4.98 Å². The van der Waals surface area contributed by atoms with Crippen LogP contribution in [0.1, 0.15) is 12.6 Å². The van der Waals surface area contributed by atoms with E-state index >= 15 is 0 Å². The zero-order valence-corrected chi connectivity index (χ0v) is 6.29. The summed E-state index contributed by atoms with van der Waals surface area (Å²) in [5, 5.41) is 8.93. The molecule has 0 aliphatic carbocycles. The maximum Gasteiger partial charge on any atom is 0.213 e. The second kappa shape index (κ2) is 3.44. The molecule has 1 unspecified atom stereocenters. The van der Waals surface area contributed by atoms with E-state index in [2.05, 4.69) is 4.98 Å². The minimum absolute atomic E-state index is 0.401. The highest BCUT2D eigenvalue weighted by atomic mass is 19.1. The molecule has 1 atom stereocenters. The van der Waals surface area contributed by atoms with Crippen molar-refractivity contribution >= 4 is 0 Å². The van der Waals surface area contributed by atoms with Crippen molar-refractivity contribution in [3.05, 3.63) is 29.8 Å². The molecule has 0 fully saturated rings. The van der Waals surface area contributed by atoms with Crippen LogP contribution in [0.5, 0.6) is 0 Å². The first-order valence-electron chi connectivity index (χ1n) is 3.48. The first kappa shape index (κ1) is 8.14. The van der Waals surface area contributed by atoms with E-state index in [1.54, 1.807) is 19.1 Å². The van der Waals surface area contributed by atoms with E-state index in [0.29, 0.717) is 12.1 Å². The van der Waals surface area contributed by atoms with Crippen LogP contribution in [0.15, 0.2) is 18.2 Å². The van der Waals surface area contributed by atoms with E-state index in [1.807, 2.05) is 0 Å². The third-order valence-corrected chi connectivity index (χ3v) is 1.28. The quantitative estimate of drug-likeness (QED) is 0.650. The third kappa shape index (κ3) is 2.63. The van der Waals surface area contributed by atoms with Gasteiger partial charge in [0.15, 0.2) is 0 Å². The Balaban J connectivity index is 2.71. The molecule has 0 aromatic carbocycles. The van der Waals surface area contributed by atoms with Crippen LogP contribution in [0.4, 0.5) is 4.39 Å². The molecule has 1 rings (SSSR count). The summed E-state index contributed by atoms with van der Waals surface area (Å²) in [5.41, 5.74) is 0.583. The molecule has 0 aliphatic rings. The average molecular weight is 155 g/mol. The molecule has 0 saturated carbocycles. The van der Waals surface area contributed by atoms with Gasteiger partial charge in [-0.1, -0.05) is 6.07 Å². The fraction of sp³-hybridized carbons (Fsp3) is 0.375. The second-order valence-corrected chi connectivity index (χ2v) is 2.50. The number of nitrogens with zero attached hydrogens (tertiary/aromatic N) is 1. The van der Waals surface area contributed by atoms with E-state index in [9.17, 15) is 4.39 Å². The van der Waals surface area contributed by atoms with Gasteiger partial charge in [-0.15, -0.1) is 0 Å². The SMILES string of the molecule is CC(O)Cc1cccc(F)n1. The Morgan fingerprint density at radius 2 is 2.36 bits per heavy atom. The lowest BCUT2D eigenvalue weighted by molar-refractivity contribution is 0.194. The molecule has 3 heteroatoms. The maximum atomic E-state index is 12.4. The largest absolute Gasteiger partial charge is 0.393 e. The summed E-state index contributed by atoms with van der Waals surface area (Å²) < 4.78 is 12.4. The van der Waals surface area contributed by atoms with Crippen LogP contribution >= 0.6 is 0 Å². The molecule has 60 valence electrons. The fourth-order valence-electron chi connectivity index (χ4n) is 0.867. The molecule has 0 bridgehead atoms. The third-order valence-electron chi connectivity index (χ3n) is 1.28. The average Bonchev–Trinajstić information content (AvgIpc) is 1.85. The van der Waals surface area contributed by atoms with Crippen LogP contribution < -0.4 is 0 Å². The highest BCUT2D eigenvalue weighted by molar-refractivity contribution is 5.05. The Morgan fingerprint density at radius 1 is 1.64 bits per heavy atom. The zero-order chi connectivity index (χ0) is 8.27. The molecule has 0 radical (unpaired) electrons. The van der Waals surface area contributed by atoms with Gasteiger partial charge >= 0.3 is 0 Å². The number of hydrogen-bond acceptors (Lipinski definition) is 2. The minimum Gasteiger partial charge on any atom is -0.393 e. The van der Waals surface area contributed by atoms with Gasteiger partial charge in [0, 0.05) is 12.1 Å². The van der Waals surface area contributed by atoms with Crippen LogP contribution in [0.25, 0.3) is 0 Å². The number of aliphatic hydroxyl groups excluding tert-OH is 1. The minimum atomic E-state index is -0.497. The van der Waals surface area contributed by atoms with Gasteiger partial charge < -0.3 is 5.11 Å². The predicted octanol–water partition coefficient (Wildman–Crippen LogP) is 1.14. The maximum absolute atomic E-state index is 12.4. The van der Waals surface area contributed by atoms with Gasteiger partial charge in [-0.2, -0.15) is 4.39 Å². The molecule has 0 spiro atoms. The van der Waals surface area contributed by atoms with Gasteiger partial charge in [0.25, 0.3) is 0 Å². The van der Waals surface area contributed by atoms with E-state index in [0.717, 1.165) is 0 Å². The number of hydrogen-bond donors (Lipinski definition) is 1. The molecule has 2 nitrogen and oxygen atoms in total. The summed E-state index contributed by atoms with van der Waals surface area (Å²) in [4.78, 5) is 3.59. The summed E-state index contributed by atoms with van der Waals surface area (Å²) in [6.07, 6.45) is -0.0677. The van der Waals surface area contributed by atoms with Crippen molar-refractivity contribution in [3.63, 3.8) is 0 Å². The van der Waals surface area contributed by atoms with Gasteiger partial charge in [0.2, 0.25) is 5.95 Å². The molecule has 0 aliphatic heterocycles. The van der Waals surface area contributed by atoms with E-state index in [-0.39, 0.29) is 0 Å². The first-order valence-corrected chi connectivity index (χ1v) is 3.48. The monoisotopic (exact) mass is 155 g/mol. The lowest BCUT2D eigenvalue weighted by Crippen LogP contribution is -2.06. The van der Waals surface area contributed by atoms with Crippen molar-refractivity contribution in [1.29, 1.82) is 0 Å². The molecular formula is C8H10FNO. The molecule has 1 aromatic heterocycles. The number of pyridine rings is 1. The Morgan fingerprint density at radius 3 is 2.91 bits per heavy atom. The van der Waals surface area contributed by atoms with E-state index < -0.39 is 12.1 Å². The standard InChI is InChI=1S/C8H10FNO/c1-6(11)5-7-3-2-4-8(9)10-7/h2-4,6,11H,5H2,1H3. The van der Waals surface area contributed by atoms with Crippen LogP contribution in [0, 0.1) is 5.95 Å². The lowest BCUT2D eigenvalue weighted by Gasteiger charge is -2.01. The fourth-order valence-corrected chi connectivity index (χ4v) is 0.867. The Hall–Kier alpha value is -0.960. The Labute approximate surface area is 64.7 Å². The van der Waals surface area contributed by atoms with Crippen molar-refractivity contribution in [3.8, 4) is 0 Å². The Bertz CT molecular complexity index is 237. The van der Waals surface area contributed by atoms with Crippen LogP contribution in [0.3, 0.4) is 0 Å². The molecule has 1 N–H and O–H groups in total. The van der Waals surface area contributed by atoms with Gasteiger partial charge in [-0.25, -0.2) is 4.98 Å². The highest BCUT2D eigenvalue weighted by Crippen LogP contribution is 2.00. The van der Waals surface area contributed by atoms with Crippen LogP contribution in [-0.4, -0.2) is 16.2 Å². The van der Waals surface area contributed by atoms with Crippen molar-refractivity contribution in [2.75, 3.05) is 0 Å². The molecule has 0 amide bonds. The van der Waals surface area contributed by atoms with Crippen LogP contribution in [-0.2, 0) is 6.42 Å². The summed E-state index contributed by atoms with van der Waals surface area (Å²) >= 11 is 0. The molecular weight excluding hydrogens is 145 g/mol. The highest BCUT2D eigenvalue weighted by Gasteiger charge is 2.00. The van der Waals surface area contributed by atoms with E-state index in [1.165, 1.54) is 6.07 Å². The summed E-state index contributed by atoms with van der Waals surface area (Å²) in [6, 6.07) is 4.56. The zero-order valence-electron chi connectivity index (χ0n) is 6.29. The number of halogens is 1. The predicted molar refractivity (Wildman–Crippen MR) is 39.6 cm³/mol. The summed E-state index contributed by atoms with van der Waals surface area (Å²) in [6.45, 7) is 1.65. The topological polar surface area (TPSA) is 33.1 Å². The van der Waals surface area contributed by atoms with Crippen molar-refractivity contribution in [2.45, 2.75) is 19.4 Å². The summed E-state index contributed by atoms with van der Waals surface area (Å²) in [7, 11) is 0. The van der Waals surface area contributed by atoms with E-state index in [4.69, 9.17) is 5.11 Å². The second-order valence-electron chi connectivity index (χ2n) is 2.50. The van der Waals surface area contributed by atoms with Gasteiger partial charge in [0.05, 0.1) is 6.10 Å².